The Bertz CT molecular complexity index is 1190. The molecule has 4 aromatic rings. The third-order valence-corrected chi connectivity index (χ3v) is 6.07. The van der Waals surface area contributed by atoms with Crippen LogP contribution in [0.15, 0.2) is 69.1 Å². The maximum absolute atomic E-state index is 13.2. The van der Waals surface area contributed by atoms with Crippen LogP contribution in [0.5, 0.6) is 0 Å². The molecule has 0 N–H and O–H groups in total. The van der Waals surface area contributed by atoms with E-state index in [4.69, 9.17) is 9.51 Å². The van der Waals surface area contributed by atoms with Crippen molar-refractivity contribution in [1.29, 1.82) is 0 Å². The van der Waals surface area contributed by atoms with Crippen molar-refractivity contribution in [3.05, 3.63) is 82.2 Å². The molecule has 0 unspecified atom stereocenters. The summed E-state index contributed by atoms with van der Waals surface area (Å²) in [5.41, 5.74) is 1.97. The lowest BCUT2D eigenvalue weighted by Gasteiger charge is -2.12. The number of hydrogen-bond donors (Lipinski definition) is 0. The van der Waals surface area contributed by atoms with Crippen LogP contribution in [-0.2, 0) is 25.1 Å². The summed E-state index contributed by atoms with van der Waals surface area (Å²) in [4.78, 5) is 22.4. The Balaban J connectivity index is 1.53. The van der Waals surface area contributed by atoms with E-state index in [9.17, 15) is 4.79 Å². The van der Waals surface area contributed by atoms with E-state index in [0.29, 0.717) is 34.2 Å². The fourth-order valence-corrected chi connectivity index (χ4v) is 4.32. The Labute approximate surface area is 185 Å². The zero-order valence-corrected chi connectivity index (χ0v) is 18.5. The molecule has 2 aromatic heterocycles. The minimum absolute atomic E-state index is 0.00433. The summed E-state index contributed by atoms with van der Waals surface area (Å²) >= 11 is 1.47. The summed E-state index contributed by atoms with van der Waals surface area (Å²) < 4.78 is 7.16. The Morgan fingerprint density at radius 1 is 0.968 bits per heavy atom. The monoisotopic (exact) mass is 434 g/mol. The predicted octanol–water partition coefficient (Wildman–Crippen LogP) is 5.05. The lowest BCUT2D eigenvalue weighted by Crippen LogP contribution is -2.23. The fourth-order valence-electron chi connectivity index (χ4n) is 3.45. The zero-order chi connectivity index (χ0) is 21.5. The second-order valence-electron chi connectivity index (χ2n) is 7.45. The molecule has 0 aliphatic heterocycles. The maximum atomic E-state index is 13.2. The lowest BCUT2D eigenvalue weighted by molar-refractivity contribution is 0.384. The van der Waals surface area contributed by atoms with Crippen LogP contribution in [0.2, 0.25) is 0 Å². The summed E-state index contributed by atoms with van der Waals surface area (Å²) in [5.74, 6) is 1.79. The molecule has 160 valence electrons. The highest BCUT2D eigenvalue weighted by Gasteiger charge is 2.14. The van der Waals surface area contributed by atoms with Gasteiger partial charge in [-0.1, -0.05) is 72.7 Å². The highest BCUT2D eigenvalue weighted by atomic mass is 32.2. The molecule has 31 heavy (non-hydrogen) atoms. The van der Waals surface area contributed by atoms with Crippen molar-refractivity contribution >= 4 is 22.7 Å². The predicted molar refractivity (Wildman–Crippen MR) is 123 cm³/mol. The molecule has 6 nitrogen and oxygen atoms in total. The van der Waals surface area contributed by atoms with Crippen molar-refractivity contribution in [2.24, 2.45) is 0 Å². The molecule has 0 saturated carbocycles. The van der Waals surface area contributed by atoms with Gasteiger partial charge in [0.15, 0.2) is 11.0 Å². The first-order valence-corrected chi connectivity index (χ1v) is 11.7. The minimum atomic E-state index is -0.00433. The van der Waals surface area contributed by atoms with E-state index in [2.05, 4.69) is 29.2 Å². The second kappa shape index (κ2) is 10.4. The molecule has 0 amide bonds. The first kappa shape index (κ1) is 21.3. The third-order valence-electron chi connectivity index (χ3n) is 5.11. The van der Waals surface area contributed by atoms with E-state index in [1.165, 1.54) is 17.3 Å². The topological polar surface area (TPSA) is 73.8 Å². The average molecular weight is 435 g/mol. The molecule has 0 bridgehead atoms. The van der Waals surface area contributed by atoms with Crippen molar-refractivity contribution in [1.82, 2.24) is 19.7 Å². The Morgan fingerprint density at radius 3 is 2.61 bits per heavy atom. The highest BCUT2D eigenvalue weighted by molar-refractivity contribution is 7.98. The zero-order valence-electron chi connectivity index (χ0n) is 17.7. The van der Waals surface area contributed by atoms with E-state index < -0.39 is 0 Å². The molecule has 0 saturated heterocycles. The SMILES string of the molecule is CCCCc1noc(CSc2nc3ccccc3c(=O)n2CCCc2ccccc2)n1. The smallest absolute Gasteiger partial charge is 0.262 e. The quantitative estimate of drug-likeness (QED) is 0.257. The van der Waals surface area contributed by atoms with Gasteiger partial charge in [-0.15, -0.1) is 0 Å². The average Bonchev–Trinajstić information content (AvgIpc) is 3.26. The summed E-state index contributed by atoms with van der Waals surface area (Å²) in [6.07, 6.45) is 4.73. The molecular formula is C24H26N4O2S. The number of unbranched alkanes of at least 4 members (excludes halogenated alkanes) is 1. The number of thioether (sulfide) groups is 1. The minimum Gasteiger partial charge on any atom is -0.338 e. The van der Waals surface area contributed by atoms with Crippen LogP contribution >= 0.6 is 11.8 Å². The normalized spacial score (nSPS) is 11.3. The second-order valence-corrected chi connectivity index (χ2v) is 8.40. The number of hydrogen-bond acceptors (Lipinski definition) is 6. The van der Waals surface area contributed by atoms with E-state index in [-0.39, 0.29) is 5.56 Å². The Morgan fingerprint density at radius 2 is 1.77 bits per heavy atom. The Hall–Kier alpha value is -2.93. The molecule has 0 fully saturated rings. The molecule has 0 radical (unpaired) electrons. The molecule has 0 aliphatic carbocycles. The van der Waals surface area contributed by atoms with Gasteiger partial charge in [0.2, 0.25) is 5.89 Å². The van der Waals surface area contributed by atoms with Crippen molar-refractivity contribution in [2.75, 3.05) is 0 Å². The van der Waals surface area contributed by atoms with Crippen LogP contribution in [0, 0.1) is 0 Å². The van der Waals surface area contributed by atoms with E-state index >= 15 is 0 Å². The molecule has 4 rings (SSSR count). The standard InChI is InChI=1S/C24H26N4O2S/c1-2-3-15-21-26-22(30-27-21)17-31-24-25-20-14-8-7-13-19(20)23(29)28(24)16-9-12-18-10-5-4-6-11-18/h4-8,10-11,13-14H,2-3,9,12,15-17H2,1H3. The first-order valence-electron chi connectivity index (χ1n) is 10.7. The summed E-state index contributed by atoms with van der Waals surface area (Å²) in [7, 11) is 0. The van der Waals surface area contributed by atoms with Crippen LogP contribution in [-0.4, -0.2) is 19.7 Å². The van der Waals surface area contributed by atoms with Gasteiger partial charge in [0.05, 0.1) is 16.7 Å². The number of nitrogens with zero attached hydrogens (tertiary/aromatic N) is 4. The van der Waals surface area contributed by atoms with Crippen LogP contribution in [0.1, 0.15) is 43.5 Å². The first-order chi connectivity index (χ1) is 15.2. The van der Waals surface area contributed by atoms with E-state index in [1.54, 1.807) is 4.57 Å². The molecule has 0 aliphatic rings. The molecule has 0 atom stereocenters. The fraction of sp³-hybridized carbons (Fsp3) is 0.333. The summed E-state index contributed by atoms with van der Waals surface area (Å²) in [6.45, 7) is 2.75. The maximum Gasteiger partial charge on any atom is 0.262 e. The summed E-state index contributed by atoms with van der Waals surface area (Å²) in [5, 5.41) is 5.38. The van der Waals surface area contributed by atoms with Gasteiger partial charge in [0.25, 0.3) is 5.56 Å². The van der Waals surface area contributed by atoms with Gasteiger partial charge in [-0.25, -0.2) is 4.98 Å². The van der Waals surface area contributed by atoms with Gasteiger partial charge in [0, 0.05) is 13.0 Å². The van der Waals surface area contributed by atoms with Crippen molar-refractivity contribution in [2.45, 2.75) is 56.5 Å². The number of benzene rings is 2. The van der Waals surface area contributed by atoms with Crippen LogP contribution in [0.25, 0.3) is 10.9 Å². The van der Waals surface area contributed by atoms with Crippen molar-refractivity contribution < 1.29 is 4.52 Å². The van der Waals surface area contributed by atoms with Gasteiger partial charge in [-0.05, 0) is 37.0 Å². The Kier molecular flexibility index (Phi) is 7.14. The molecule has 0 spiro atoms. The van der Waals surface area contributed by atoms with Crippen LogP contribution < -0.4 is 5.56 Å². The lowest BCUT2D eigenvalue weighted by atomic mass is 10.1. The van der Waals surface area contributed by atoms with Crippen molar-refractivity contribution in [3.63, 3.8) is 0 Å². The number of para-hydroxylation sites is 1. The van der Waals surface area contributed by atoms with Gasteiger partial charge in [0.1, 0.15) is 0 Å². The molecular weight excluding hydrogens is 408 g/mol. The number of rotatable bonds is 10. The number of aryl methyl sites for hydroxylation is 2. The van der Waals surface area contributed by atoms with Gasteiger partial charge in [-0.2, -0.15) is 4.98 Å². The van der Waals surface area contributed by atoms with Crippen molar-refractivity contribution in [3.8, 4) is 0 Å². The van der Waals surface area contributed by atoms with Crippen LogP contribution in [0.3, 0.4) is 0 Å². The number of fused-ring (bicyclic) bond motifs is 1. The van der Waals surface area contributed by atoms with Crippen LogP contribution in [0.4, 0.5) is 0 Å². The van der Waals surface area contributed by atoms with Gasteiger partial charge >= 0.3 is 0 Å². The van der Waals surface area contributed by atoms with E-state index in [0.717, 1.165) is 37.9 Å². The highest BCUT2D eigenvalue weighted by Crippen LogP contribution is 2.22. The molecule has 2 aromatic carbocycles. The summed E-state index contributed by atoms with van der Waals surface area (Å²) in [6, 6.07) is 17.8. The van der Waals surface area contributed by atoms with Gasteiger partial charge in [-0.3, -0.25) is 9.36 Å². The number of aromatic nitrogens is 4. The van der Waals surface area contributed by atoms with Gasteiger partial charge < -0.3 is 4.52 Å². The molecule has 2 heterocycles. The largest absolute Gasteiger partial charge is 0.338 e. The molecule has 7 heteroatoms. The van der Waals surface area contributed by atoms with E-state index in [1.807, 2.05) is 42.5 Å². The third kappa shape index (κ3) is 5.41.